The predicted molar refractivity (Wildman–Crippen MR) is 125 cm³/mol. The number of guanidine groups is 1. The van der Waals surface area contributed by atoms with Crippen molar-refractivity contribution in [1.82, 2.24) is 16.0 Å². The fourth-order valence-corrected chi connectivity index (χ4v) is 3.07. The average molecular weight is 475 g/mol. The zero-order valence-corrected chi connectivity index (χ0v) is 19.6. The third kappa shape index (κ3) is 7.27. The van der Waals surface area contributed by atoms with Crippen LogP contribution in [0.25, 0.3) is 0 Å². The summed E-state index contributed by atoms with van der Waals surface area (Å²) < 4.78 is 20.8. The smallest absolute Gasteiger partial charge is 0.245 e. The molecule has 0 saturated carbocycles. The van der Waals surface area contributed by atoms with Gasteiger partial charge in [0.2, 0.25) is 11.8 Å². The molecule has 0 spiro atoms. The summed E-state index contributed by atoms with van der Waals surface area (Å²) in [5.41, 5.74) is 1.40. The minimum Gasteiger partial charge on any atom is -0.493 e. The molecule has 2 aromatic rings. The van der Waals surface area contributed by atoms with E-state index in [1.807, 2.05) is 0 Å². The van der Waals surface area contributed by atoms with E-state index in [2.05, 4.69) is 16.0 Å². The molecule has 0 aliphatic carbocycles. The van der Waals surface area contributed by atoms with Gasteiger partial charge in [0.1, 0.15) is 6.04 Å². The highest BCUT2D eigenvalue weighted by Crippen LogP contribution is 2.28. The van der Waals surface area contributed by atoms with E-state index in [9.17, 15) is 14.7 Å². The van der Waals surface area contributed by atoms with Crippen molar-refractivity contribution in [2.75, 3.05) is 35.0 Å². The first-order valence-corrected chi connectivity index (χ1v) is 10.3. The van der Waals surface area contributed by atoms with Crippen LogP contribution in [-0.4, -0.2) is 64.0 Å². The molecule has 0 fully saturated rings. The molecule has 11 heteroatoms. The number of methoxy groups -OCH3 is 4. The molecule has 0 aromatic heterocycles. The van der Waals surface area contributed by atoms with Gasteiger partial charge in [-0.3, -0.25) is 20.3 Å². The molecule has 1 atom stereocenters. The van der Waals surface area contributed by atoms with Crippen molar-refractivity contribution in [3.8, 4) is 23.0 Å². The van der Waals surface area contributed by atoms with Crippen LogP contribution in [0, 0.1) is 5.41 Å². The summed E-state index contributed by atoms with van der Waals surface area (Å²) in [6.45, 7) is -0.415. The summed E-state index contributed by atoms with van der Waals surface area (Å²) in [5, 5.41) is 25.0. The van der Waals surface area contributed by atoms with E-state index in [-0.39, 0.29) is 13.0 Å². The van der Waals surface area contributed by atoms with Gasteiger partial charge in [-0.25, -0.2) is 0 Å². The van der Waals surface area contributed by atoms with Crippen LogP contribution in [0.15, 0.2) is 36.4 Å². The standard InChI is InChI=1S/C23H30N4O7/c1-31-17-7-5-14(9-19(17)33-3)11-21(29)27-23(24)26-16(13-28)22(30)25-12-15-6-8-18(32-2)20(10-15)34-4/h5-10,16,28H,11-13H2,1-4H3,(H,25,30)(H3,24,26,27,29)/t16-/m1/s1. The van der Waals surface area contributed by atoms with Gasteiger partial charge in [-0.05, 0) is 35.4 Å². The van der Waals surface area contributed by atoms with Crippen LogP contribution in [0.5, 0.6) is 23.0 Å². The molecule has 0 heterocycles. The maximum Gasteiger partial charge on any atom is 0.245 e. The van der Waals surface area contributed by atoms with Crippen molar-refractivity contribution in [1.29, 1.82) is 5.41 Å². The normalized spacial score (nSPS) is 11.1. The Bertz CT molecular complexity index is 1010. The van der Waals surface area contributed by atoms with Gasteiger partial charge in [0.25, 0.3) is 0 Å². The van der Waals surface area contributed by atoms with Crippen molar-refractivity contribution in [2.24, 2.45) is 0 Å². The van der Waals surface area contributed by atoms with Crippen molar-refractivity contribution in [2.45, 2.75) is 19.0 Å². The monoisotopic (exact) mass is 474 g/mol. The Kier molecular flexibility index (Phi) is 9.96. The molecule has 5 N–H and O–H groups in total. The van der Waals surface area contributed by atoms with Gasteiger partial charge in [0.05, 0.1) is 41.5 Å². The van der Waals surface area contributed by atoms with Gasteiger partial charge in [0, 0.05) is 6.54 Å². The zero-order chi connectivity index (χ0) is 25.1. The second-order valence-electron chi connectivity index (χ2n) is 7.08. The third-order valence-corrected chi connectivity index (χ3v) is 4.81. The van der Waals surface area contributed by atoms with Crippen LogP contribution in [0.2, 0.25) is 0 Å². The maximum absolute atomic E-state index is 12.4. The first-order valence-electron chi connectivity index (χ1n) is 10.3. The molecule has 184 valence electrons. The number of aliphatic hydroxyl groups excluding tert-OH is 1. The SMILES string of the molecule is COc1ccc(CNC(=O)[C@@H](CO)NC(=N)NC(=O)Cc2ccc(OC)c(OC)c2)cc1OC. The number of hydrogen-bond donors (Lipinski definition) is 5. The quantitative estimate of drug-likeness (QED) is 0.234. The number of ether oxygens (including phenoxy) is 4. The Hall–Kier alpha value is -3.99. The Morgan fingerprint density at radius 1 is 0.882 bits per heavy atom. The molecule has 0 unspecified atom stereocenters. The first kappa shape index (κ1) is 26.3. The number of hydrogen-bond acceptors (Lipinski definition) is 8. The molecule has 2 rings (SSSR count). The van der Waals surface area contributed by atoms with Crippen molar-refractivity contribution < 1.29 is 33.6 Å². The van der Waals surface area contributed by atoms with Crippen LogP contribution < -0.4 is 34.9 Å². The molecular formula is C23H30N4O7. The fourth-order valence-electron chi connectivity index (χ4n) is 3.07. The van der Waals surface area contributed by atoms with Crippen molar-refractivity contribution in [3.63, 3.8) is 0 Å². The predicted octanol–water partition coefficient (Wildman–Crippen LogP) is 0.581. The lowest BCUT2D eigenvalue weighted by Crippen LogP contribution is -2.53. The van der Waals surface area contributed by atoms with Gasteiger partial charge in [-0.1, -0.05) is 12.1 Å². The summed E-state index contributed by atoms with van der Waals surface area (Å²) in [5.74, 6) is 0.655. The summed E-state index contributed by atoms with van der Waals surface area (Å²) in [6, 6.07) is 9.11. The molecule has 0 radical (unpaired) electrons. The number of benzene rings is 2. The molecule has 0 aliphatic rings. The highest BCUT2D eigenvalue weighted by molar-refractivity contribution is 5.98. The lowest BCUT2D eigenvalue weighted by atomic mass is 10.1. The fraction of sp³-hybridized carbons (Fsp3) is 0.348. The number of nitrogens with one attached hydrogen (secondary N) is 4. The topological polar surface area (TPSA) is 151 Å². The van der Waals surface area contributed by atoms with Gasteiger partial charge in [-0.2, -0.15) is 0 Å². The van der Waals surface area contributed by atoms with Gasteiger partial charge in [-0.15, -0.1) is 0 Å². The van der Waals surface area contributed by atoms with Gasteiger partial charge >= 0.3 is 0 Å². The van der Waals surface area contributed by atoms with Crippen molar-refractivity contribution in [3.05, 3.63) is 47.5 Å². The maximum atomic E-state index is 12.4. The van der Waals surface area contributed by atoms with Crippen LogP contribution >= 0.6 is 0 Å². The Morgan fingerprint density at radius 3 is 1.94 bits per heavy atom. The Morgan fingerprint density at radius 2 is 1.41 bits per heavy atom. The molecule has 0 bridgehead atoms. The van der Waals surface area contributed by atoms with E-state index in [1.165, 1.54) is 28.4 Å². The number of carbonyl (C=O) groups is 2. The lowest BCUT2D eigenvalue weighted by Gasteiger charge is -2.18. The first-order chi connectivity index (χ1) is 16.3. The van der Waals surface area contributed by atoms with Crippen LogP contribution in [0.1, 0.15) is 11.1 Å². The van der Waals surface area contributed by atoms with E-state index in [4.69, 9.17) is 24.4 Å². The minimum absolute atomic E-state index is 0.0281. The second kappa shape index (κ2) is 12.9. The van der Waals surface area contributed by atoms with Gasteiger partial charge in [0.15, 0.2) is 29.0 Å². The summed E-state index contributed by atoms with van der Waals surface area (Å²) >= 11 is 0. The zero-order valence-electron chi connectivity index (χ0n) is 19.6. The van der Waals surface area contributed by atoms with E-state index in [1.54, 1.807) is 36.4 Å². The van der Waals surface area contributed by atoms with E-state index >= 15 is 0 Å². The van der Waals surface area contributed by atoms with E-state index in [0.717, 1.165) is 5.56 Å². The second-order valence-corrected chi connectivity index (χ2v) is 7.08. The lowest BCUT2D eigenvalue weighted by molar-refractivity contribution is -0.124. The van der Waals surface area contributed by atoms with Gasteiger partial charge < -0.3 is 34.7 Å². The average Bonchev–Trinajstić information content (AvgIpc) is 2.85. The minimum atomic E-state index is -1.13. The molecule has 0 aliphatic heterocycles. The molecule has 11 nitrogen and oxygen atoms in total. The van der Waals surface area contributed by atoms with Crippen LogP contribution in [-0.2, 0) is 22.6 Å². The number of rotatable bonds is 11. The Labute approximate surface area is 197 Å². The number of aliphatic hydroxyl groups is 1. The van der Waals surface area contributed by atoms with Crippen LogP contribution in [0.4, 0.5) is 0 Å². The number of carbonyl (C=O) groups excluding carboxylic acids is 2. The molecule has 2 amide bonds. The van der Waals surface area contributed by atoms with E-state index < -0.39 is 30.4 Å². The largest absolute Gasteiger partial charge is 0.493 e. The third-order valence-electron chi connectivity index (χ3n) is 4.81. The van der Waals surface area contributed by atoms with Crippen LogP contribution in [0.3, 0.4) is 0 Å². The molecule has 34 heavy (non-hydrogen) atoms. The molecular weight excluding hydrogens is 444 g/mol. The molecule has 2 aromatic carbocycles. The molecule has 0 saturated heterocycles. The van der Waals surface area contributed by atoms with E-state index in [0.29, 0.717) is 28.6 Å². The summed E-state index contributed by atoms with van der Waals surface area (Å²) in [7, 11) is 6.04. The summed E-state index contributed by atoms with van der Waals surface area (Å²) in [6.07, 6.45) is -0.0281. The van der Waals surface area contributed by atoms with Crippen molar-refractivity contribution >= 4 is 17.8 Å². The number of amides is 2. The Balaban J connectivity index is 1.88. The highest BCUT2D eigenvalue weighted by atomic mass is 16.5. The highest BCUT2D eigenvalue weighted by Gasteiger charge is 2.19. The summed E-state index contributed by atoms with van der Waals surface area (Å²) in [4.78, 5) is 24.7.